The van der Waals surface area contributed by atoms with E-state index in [4.69, 9.17) is 6.42 Å². The van der Waals surface area contributed by atoms with E-state index in [0.717, 1.165) is 25.7 Å². The normalized spacial score (nSPS) is 52.0. The number of aliphatic hydroxyl groups is 1. The van der Waals surface area contributed by atoms with Crippen molar-refractivity contribution in [3.05, 3.63) is 11.6 Å². The predicted octanol–water partition coefficient (Wildman–Crippen LogP) is 3.74. The first kappa shape index (κ1) is 15.5. The summed E-state index contributed by atoms with van der Waals surface area (Å²) in [5, 5.41) is 10.8. The van der Waals surface area contributed by atoms with Crippen molar-refractivity contribution in [2.45, 2.75) is 64.9 Å². The van der Waals surface area contributed by atoms with E-state index in [9.17, 15) is 9.90 Å². The van der Waals surface area contributed by atoms with Crippen LogP contribution in [0.4, 0.5) is 0 Å². The molecule has 0 aliphatic heterocycles. The smallest absolute Gasteiger partial charge is 0.155 e. The van der Waals surface area contributed by atoms with E-state index in [1.54, 1.807) is 0 Å². The molecule has 0 unspecified atom stereocenters. The molecule has 4 rings (SSSR count). The second kappa shape index (κ2) is 4.96. The zero-order valence-electron chi connectivity index (χ0n) is 14.3. The van der Waals surface area contributed by atoms with Gasteiger partial charge in [0.05, 0.1) is 6.10 Å². The lowest BCUT2D eigenvalue weighted by atomic mass is 9.47. The van der Waals surface area contributed by atoms with Gasteiger partial charge in [0, 0.05) is 12.3 Å². The molecule has 0 spiro atoms. The van der Waals surface area contributed by atoms with Gasteiger partial charge in [-0.25, -0.2) is 0 Å². The molecule has 0 aromatic carbocycles. The summed E-state index contributed by atoms with van der Waals surface area (Å²) in [6.07, 6.45) is 14.5. The molecule has 2 nitrogen and oxygen atoms in total. The Balaban J connectivity index is 1.69. The standard InChI is InChI=1S/C21H28O2/c1-4-13-11-18-16-6-5-14-12-15(22)7-9-20(14,2)17(16)8-10-21(18,3)19(13)23/h1,12-13,16-19,23H,5-11H2,2-3H3/t13-,16-,17+,18+,19-,20+,21+/m1/s1. The Morgan fingerprint density at radius 1 is 1.22 bits per heavy atom. The van der Waals surface area contributed by atoms with Crippen molar-refractivity contribution in [2.75, 3.05) is 0 Å². The highest BCUT2D eigenvalue weighted by molar-refractivity contribution is 5.91. The molecule has 7 atom stereocenters. The number of ketones is 1. The quantitative estimate of drug-likeness (QED) is 0.692. The van der Waals surface area contributed by atoms with Crippen LogP contribution in [0, 0.1) is 46.8 Å². The van der Waals surface area contributed by atoms with Crippen LogP contribution in [0.25, 0.3) is 0 Å². The van der Waals surface area contributed by atoms with Gasteiger partial charge in [0.2, 0.25) is 0 Å². The molecule has 0 bridgehead atoms. The van der Waals surface area contributed by atoms with Crippen LogP contribution < -0.4 is 0 Å². The Bertz CT molecular complexity index is 612. The van der Waals surface area contributed by atoms with E-state index >= 15 is 0 Å². The molecule has 0 aromatic heterocycles. The Labute approximate surface area is 139 Å². The summed E-state index contributed by atoms with van der Waals surface area (Å²) in [6.45, 7) is 4.67. The molecular formula is C21H28O2. The minimum absolute atomic E-state index is 0.000265. The maximum absolute atomic E-state index is 11.8. The maximum atomic E-state index is 11.8. The van der Waals surface area contributed by atoms with E-state index < -0.39 is 0 Å². The number of rotatable bonds is 0. The highest BCUT2D eigenvalue weighted by Crippen LogP contribution is 2.65. The molecule has 0 heterocycles. The summed E-state index contributed by atoms with van der Waals surface area (Å²) in [7, 11) is 0. The Hall–Kier alpha value is -1.07. The Morgan fingerprint density at radius 2 is 2.00 bits per heavy atom. The molecule has 23 heavy (non-hydrogen) atoms. The summed E-state index contributed by atoms with van der Waals surface area (Å²) in [5.41, 5.74) is 1.61. The molecular weight excluding hydrogens is 284 g/mol. The lowest BCUT2D eigenvalue weighted by molar-refractivity contribution is -0.118. The van der Waals surface area contributed by atoms with Crippen LogP contribution in [0.1, 0.15) is 58.8 Å². The van der Waals surface area contributed by atoms with Gasteiger partial charge in [-0.05, 0) is 73.2 Å². The van der Waals surface area contributed by atoms with Gasteiger partial charge in [0.15, 0.2) is 5.78 Å². The lowest BCUT2D eigenvalue weighted by Gasteiger charge is -2.57. The molecule has 4 aliphatic rings. The number of aliphatic hydroxyl groups excluding tert-OH is 1. The average Bonchev–Trinajstić information content (AvgIpc) is 2.79. The van der Waals surface area contributed by atoms with Gasteiger partial charge in [-0.1, -0.05) is 19.4 Å². The summed E-state index contributed by atoms with van der Waals surface area (Å²) in [4.78, 5) is 11.8. The van der Waals surface area contributed by atoms with Gasteiger partial charge in [0.1, 0.15) is 0 Å². The molecule has 0 amide bonds. The summed E-state index contributed by atoms with van der Waals surface area (Å²) in [5.74, 6) is 5.08. The Kier molecular flexibility index (Phi) is 3.34. The SMILES string of the molecule is C#C[C@@H]1C[C@H]2[C@@H]3CCC4=CC(=O)CC[C@]4(C)[C@H]3CC[C@]2(C)[C@@H]1O. The number of carbonyl (C=O) groups is 1. The van der Waals surface area contributed by atoms with E-state index in [1.165, 1.54) is 18.4 Å². The van der Waals surface area contributed by atoms with Gasteiger partial charge in [0.25, 0.3) is 0 Å². The molecule has 124 valence electrons. The summed E-state index contributed by atoms with van der Waals surface area (Å²) in [6, 6.07) is 0. The third kappa shape index (κ3) is 1.96. The number of hydrogen-bond acceptors (Lipinski definition) is 2. The second-order valence-electron chi connectivity index (χ2n) is 8.97. The average molecular weight is 312 g/mol. The first-order chi connectivity index (χ1) is 10.9. The molecule has 2 heteroatoms. The molecule has 0 saturated heterocycles. The molecule has 4 aliphatic carbocycles. The number of fused-ring (bicyclic) bond motifs is 5. The third-order valence-electron chi connectivity index (χ3n) is 8.18. The minimum atomic E-state index is -0.337. The lowest BCUT2D eigenvalue weighted by Crippen LogP contribution is -2.51. The number of terminal acetylenes is 1. The highest BCUT2D eigenvalue weighted by Gasteiger charge is 2.60. The van der Waals surface area contributed by atoms with Crippen LogP contribution in [0.15, 0.2) is 11.6 Å². The molecule has 0 radical (unpaired) electrons. The van der Waals surface area contributed by atoms with Crippen LogP contribution in [0.3, 0.4) is 0 Å². The van der Waals surface area contributed by atoms with Crippen molar-refractivity contribution in [2.24, 2.45) is 34.5 Å². The third-order valence-corrected chi connectivity index (χ3v) is 8.18. The van der Waals surface area contributed by atoms with Crippen molar-refractivity contribution in [1.82, 2.24) is 0 Å². The van der Waals surface area contributed by atoms with Gasteiger partial charge in [-0.15, -0.1) is 12.3 Å². The van der Waals surface area contributed by atoms with Crippen molar-refractivity contribution in [1.29, 1.82) is 0 Å². The molecule has 0 aromatic rings. The zero-order valence-corrected chi connectivity index (χ0v) is 14.3. The fourth-order valence-corrected chi connectivity index (χ4v) is 6.74. The van der Waals surface area contributed by atoms with Gasteiger partial charge >= 0.3 is 0 Å². The van der Waals surface area contributed by atoms with Crippen LogP contribution >= 0.6 is 0 Å². The molecule has 3 saturated carbocycles. The largest absolute Gasteiger partial charge is 0.391 e. The minimum Gasteiger partial charge on any atom is -0.391 e. The van der Waals surface area contributed by atoms with Crippen LogP contribution in [0.2, 0.25) is 0 Å². The fraction of sp³-hybridized carbons (Fsp3) is 0.762. The summed E-state index contributed by atoms with van der Waals surface area (Å²) < 4.78 is 0. The van der Waals surface area contributed by atoms with Gasteiger partial charge in [-0.2, -0.15) is 0 Å². The van der Waals surface area contributed by atoms with E-state index in [1.807, 2.05) is 6.08 Å². The van der Waals surface area contributed by atoms with Crippen molar-refractivity contribution in [3.8, 4) is 12.3 Å². The first-order valence-corrected chi connectivity index (χ1v) is 9.28. The highest BCUT2D eigenvalue weighted by atomic mass is 16.3. The maximum Gasteiger partial charge on any atom is 0.155 e. The number of carbonyl (C=O) groups excluding carboxylic acids is 1. The molecule has 3 fully saturated rings. The zero-order chi connectivity index (χ0) is 16.4. The van der Waals surface area contributed by atoms with Crippen LogP contribution in [0.5, 0.6) is 0 Å². The van der Waals surface area contributed by atoms with Crippen LogP contribution in [-0.2, 0) is 4.79 Å². The van der Waals surface area contributed by atoms with Crippen molar-refractivity contribution >= 4 is 5.78 Å². The Morgan fingerprint density at radius 3 is 2.74 bits per heavy atom. The van der Waals surface area contributed by atoms with Gasteiger partial charge in [-0.3, -0.25) is 4.79 Å². The van der Waals surface area contributed by atoms with Gasteiger partial charge < -0.3 is 5.11 Å². The van der Waals surface area contributed by atoms with E-state index in [-0.39, 0.29) is 22.9 Å². The van der Waals surface area contributed by atoms with E-state index in [2.05, 4.69) is 19.8 Å². The summed E-state index contributed by atoms with van der Waals surface area (Å²) >= 11 is 0. The monoisotopic (exact) mass is 312 g/mol. The van der Waals surface area contributed by atoms with Crippen molar-refractivity contribution < 1.29 is 9.90 Å². The predicted molar refractivity (Wildman–Crippen MR) is 90.4 cm³/mol. The van der Waals surface area contributed by atoms with Crippen molar-refractivity contribution in [3.63, 3.8) is 0 Å². The second-order valence-corrected chi connectivity index (χ2v) is 8.97. The number of hydrogen-bond donors (Lipinski definition) is 1. The topological polar surface area (TPSA) is 37.3 Å². The van der Waals surface area contributed by atoms with E-state index in [0.29, 0.717) is 30.0 Å². The fourth-order valence-electron chi connectivity index (χ4n) is 6.74. The van der Waals surface area contributed by atoms with Crippen LogP contribution in [-0.4, -0.2) is 17.0 Å². The first-order valence-electron chi connectivity index (χ1n) is 9.28. The number of allylic oxidation sites excluding steroid dienone is 1. The molecule has 1 N–H and O–H groups in total.